The zero-order valence-corrected chi connectivity index (χ0v) is 25.3. The maximum Gasteiger partial charge on any atom is 0.416 e. The number of cyclic esters (lactones) is 1. The Bertz CT molecular complexity index is 1640. The first kappa shape index (κ1) is 31.3. The Morgan fingerprint density at radius 3 is 2.48 bits per heavy atom. The number of halogens is 4. The molecule has 1 amide bonds. The second-order valence-electron chi connectivity index (χ2n) is 12.5. The van der Waals surface area contributed by atoms with Gasteiger partial charge in [0.25, 0.3) is 0 Å². The molecule has 0 spiro atoms. The van der Waals surface area contributed by atoms with E-state index in [4.69, 9.17) is 9.47 Å². The van der Waals surface area contributed by atoms with Crippen LogP contribution in [0.5, 0.6) is 0 Å². The number of carbonyl (C=O) groups excluding carboxylic acids is 2. The highest BCUT2D eigenvalue weighted by atomic mass is 19.4. The van der Waals surface area contributed by atoms with Crippen molar-refractivity contribution < 1.29 is 36.6 Å². The quantitative estimate of drug-likeness (QED) is 0.207. The molecule has 1 aliphatic carbocycles. The zero-order valence-electron chi connectivity index (χ0n) is 25.3. The molecule has 232 valence electrons. The van der Waals surface area contributed by atoms with Crippen molar-refractivity contribution in [3.05, 3.63) is 99.9 Å². The number of hydrogen-bond donors (Lipinski definition) is 0. The van der Waals surface area contributed by atoms with Crippen molar-refractivity contribution in [2.45, 2.75) is 65.3 Å². The molecule has 1 heterocycles. The van der Waals surface area contributed by atoms with E-state index in [1.807, 2.05) is 18.2 Å². The average Bonchev–Trinajstić information content (AvgIpc) is 3.24. The molecule has 0 unspecified atom stereocenters. The van der Waals surface area contributed by atoms with E-state index in [2.05, 4.69) is 13.8 Å². The van der Waals surface area contributed by atoms with Crippen molar-refractivity contribution in [1.29, 1.82) is 0 Å². The van der Waals surface area contributed by atoms with Gasteiger partial charge in [-0.3, -0.25) is 4.90 Å². The molecule has 2 atom stereocenters. The van der Waals surface area contributed by atoms with Gasteiger partial charge in [0.2, 0.25) is 0 Å². The highest BCUT2D eigenvalue weighted by molar-refractivity contribution is 5.90. The van der Waals surface area contributed by atoms with Gasteiger partial charge >= 0.3 is 18.2 Å². The lowest BCUT2D eigenvalue weighted by atomic mass is 9.72. The van der Waals surface area contributed by atoms with Crippen molar-refractivity contribution in [1.82, 2.24) is 4.90 Å². The number of aryl methyl sites for hydroxylation is 1. The number of ether oxygens (including phenoxy) is 2. The molecule has 0 radical (unpaired) electrons. The number of nitrogens with zero attached hydrogens (tertiary/aromatic N) is 1. The number of alkyl halides is 3. The van der Waals surface area contributed by atoms with Gasteiger partial charge in [-0.05, 0) is 96.7 Å². The predicted octanol–water partition coefficient (Wildman–Crippen LogP) is 9.15. The van der Waals surface area contributed by atoms with Crippen LogP contribution < -0.4 is 0 Å². The third kappa shape index (κ3) is 6.37. The lowest BCUT2D eigenvalue weighted by Gasteiger charge is -2.35. The Balaban J connectivity index is 1.47. The molecular weight excluding hydrogens is 574 g/mol. The Morgan fingerprint density at radius 1 is 1.07 bits per heavy atom. The van der Waals surface area contributed by atoms with Crippen molar-refractivity contribution in [2.75, 3.05) is 13.7 Å². The molecule has 5 nitrogen and oxygen atoms in total. The van der Waals surface area contributed by atoms with Gasteiger partial charge < -0.3 is 9.47 Å². The van der Waals surface area contributed by atoms with Crippen LogP contribution in [0, 0.1) is 18.2 Å². The first-order chi connectivity index (χ1) is 20.7. The van der Waals surface area contributed by atoms with Gasteiger partial charge in [-0.1, -0.05) is 49.7 Å². The van der Waals surface area contributed by atoms with Crippen LogP contribution in [0.15, 0.2) is 66.2 Å². The molecule has 0 aromatic heterocycles. The molecule has 3 aromatic rings. The van der Waals surface area contributed by atoms with Crippen LogP contribution in [-0.2, 0) is 15.7 Å². The molecule has 1 saturated heterocycles. The van der Waals surface area contributed by atoms with Gasteiger partial charge in [0.1, 0.15) is 11.9 Å². The smallest absolute Gasteiger partial charge is 0.416 e. The Morgan fingerprint density at radius 2 is 1.80 bits per heavy atom. The average molecular weight is 610 g/mol. The second kappa shape index (κ2) is 11.7. The summed E-state index contributed by atoms with van der Waals surface area (Å²) in [7, 11) is 1.24. The van der Waals surface area contributed by atoms with Crippen molar-refractivity contribution in [2.24, 2.45) is 5.41 Å². The van der Waals surface area contributed by atoms with Crippen LogP contribution in [0.1, 0.15) is 78.7 Å². The molecular formula is C35H35F4NO4. The van der Waals surface area contributed by atoms with Gasteiger partial charge in [0.05, 0.1) is 24.3 Å². The highest BCUT2D eigenvalue weighted by Gasteiger charge is 2.42. The van der Waals surface area contributed by atoms with Crippen LogP contribution in [0.2, 0.25) is 0 Å². The first-order valence-electron chi connectivity index (χ1n) is 14.5. The minimum Gasteiger partial charge on any atom is -0.465 e. The topological polar surface area (TPSA) is 55.8 Å². The summed E-state index contributed by atoms with van der Waals surface area (Å²) in [5.74, 6) is -1.17. The number of esters is 1. The fraction of sp³-hybridized carbons (Fsp3) is 0.371. The Kier molecular flexibility index (Phi) is 8.35. The third-order valence-corrected chi connectivity index (χ3v) is 8.59. The summed E-state index contributed by atoms with van der Waals surface area (Å²) in [4.78, 5) is 26.6. The molecule has 2 aliphatic rings. The van der Waals surface area contributed by atoms with Crippen LogP contribution in [-0.4, -0.2) is 36.7 Å². The number of hydrogen-bond acceptors (Lipinski definition) is 4. The van der Waals surface area contributed by atoms with Crippen molar-refractivity contribution in [3.63, 3.8) is 0 Å². The number of methoxy groups -OCH3 is 1. The Labute approximate surface area is 254 Å². The maximum absolute atomic E-state index is 15.1. The standard InChI is InChI=1S/C35H35F4NO4/c1-20-13-25(16-27(14-20)35(37,38)39)31-21(2)40(33(42)44-31)19-26-18-34(3,4)12-11-28(26)22-7-6-8-23(15-22)29-10-9-24(17-30(29)36)32(41)43-5/h6-10,13-17,21,31H,11-12,18-19H2,1-5H3/t21-,31-/m0/s1. The maximum atomic E-state index is 15.1. The second-order valence-corrected chi connectivity index (χ2v) is 12.5. The van der Waals surface area contributed by atoms with Gasteiger partial charge in [0.15, 0.2) is 0 Å². The molecule has 1 aliphatic heterocycles. The van der Waals surface area contributed by atoms with E-state index in [1.54, 1.807) is 36.9 Å². The zero-order chi connectivity index (χ0) is 32.0. The van der Waals surface area contributed by atoms with Gasteiger partial charge in [-0.15, -0.1) is 0 Å². The SMILES string of the molecule is COC(=O)c1ccc(-c2cccc(C3=C(CN4C(=O)O[C@H](c5cc(C)cc(C(F)(F)F)c5)[C@@H]4C)CC(C)(C)CC3)c2)c(F)c1. The van der Waals surface area contributed by atoms with Crippen LogP contribution in [0.25, 0.3) is 16.7 Å². The minimum atomic E-state index is -4.51. The summed E-state index contributed by atoms with van der Waals surface area (Å²) in [6.07, 6.45) is -3.58. The fourth-order valence-electron chi connectivity index (χ4n) is 6.29. The summed E-state index contributed by atoms with van der Waals surface area (Å²) < 4.78 is 66.1. The lowest BCUT2D eigenvalue weighted by Crippen LogP contribution is -2.35. The van der Waals surface area contributed by atoms with Gasteiger partial charge in [0, 0.05) is 12.1 Å². The van der Waals surface area contributed by atoms with Crippen molar-refractivity contribution in [3.8, 4) is 11.1 Å². The molecule has 3 aromatic carbocycles. The van der Waals surface area contributed by atoms with E-state index >= 15 is 4.39 Å². The fourth-order valence-corrected chi connectivity index (χ4v) is 6.29. The minimum absolute atomic E-state index is 0.0311. The molecule has 0 bridgehead atoms. The van der Waals surface area contributed by atoms with Crippen LogP contribution in [0.4, 0.5) is 22.4 Å². The van der Waals surface area contributed by atoms with E-state index in [0.717, 1.165) is 47.8 Å². The number of carbonyl (C=O) groups is 2. The van der Waals surface area contributed by atoms with E-state index in [9.17, 15) is 22.8 Å². The Hall–Kier alpha value is -4.14. The lowest BCUT2D eigenvalue weighted by molar-refractivity contribution is -0.137. The molecule has 0 saturated carbocycles. The van der Waals surface area contributed by atoms with Crippen LogP contribution >= 0.6 is 0 Å². The molecule has 1 fully saturated rings. The number of amides is 1. The largest absolute Gasteiger partial charge is 0.465 e. The van der Waals surface area contributed by atoms with Crippen molar-refractivity contribution >= 4 is 17.6 Å². The number of allylic oxidation sites excluding steroid dienone is 1. The molecule has 5 rings (SSSR count). The highest BCUT2D eigenvalue weighted by Crippen LogP contribution is 2.45. The first-order valence-corrected chi connectivity index (χ1v) is 14.5. The predicted molar refractivity (Wildman–Crippen MR) is 159 cm³/mol. The van der Waals surface area contributed by atoms with Crippen LogP contribution in [0.3, 0.4) is 0 Å². The molecule has 0 N–H and O–H groups in total. The van der Waals surface area contributed by atoms with E-state index in [1.165, 1.54) is 13.2 Å². The molecule has 44 heavy (non-hydrogen) atoms. The summed E-state index contributed by atoms with van der Waals surface area (Å²) in [6.45, 7) is 7.98. The van der Waals surface area contributed by atoms with E-state index in [-0.39, 0.29) is 17.5 Å². The molecule has 9 heteroatoms. The summed E-state index contributed by atoms with van der Waals surface area (Å²) >= 11 is 0. The number of rotatable bonds is 6. The van der Waals surface area contributed by atoms with E-state index in [0.29, 0.717) is 28.7 Å². The number of benzene rings is 3. The summed E-state index contributed by atoms with van der Waals surface area (Å²) in [5, 5.41) is 0. The van der Waals surface area contributed by atoms with E-state index < -0.39 is 41.8 Å². The third-order valence-electron chi connectivity index (χ3n) is 8.59. The van der Waals surface area contributed by atoms with Gasteiger partial charge in [-0.25, -0.2) is 14.0 Å². The summed E-state index contributed by atoms with van der Waals surface area (Å²) in [6, 6.07) is 15.0. The normalized spacial score (nSPS) is 20.1. The van der Waals surface area contributed by atoms with Gasteiger partial charge in [-0.2, -0.15) is 13.2 Å². The monoisotopic (exact) mass is 609 g/mol. The summed E-state index contributed by atoms with van der Waals surface area (Å²) in [5.41, 5.74) is 4.03.